The Kier molecular flexibility index (Phi) is 5.41. The summed E-state index contributed by atoms with van der Waals surface area (Å²) in [6.07, 6.45) is 9.38. The van der Waals surface area contributed by atoms with E-state index < -0.39 is 5.97 Å². The van der Waals surface area contributed by atoms with Gasteiger partial charge < -0.3 is 5.11 Å². The molecule has 0 bridgehead atoms. The number of carbonyl (C=O) groups is 3. The Morgan fingerprint density at radius 1 is 0.857 bits per heavy atom. The van der Waals surface area contributed by atoms with Gasteiger partial charge in [-0.2, -0.15) is 0 Å². The Hall–Kier alpha value is -1.19. The van der Waals surface area contributed by atoms with E-state index in [4.69, 9.17) is 0 Å². The van der Waals surface area contributed by atoms with Gasteiger partial charge in [-0.05, 0) is 96.2 Å². The molecule has 35 heavy (non-hydrogen) atoms. The molecule has 1 N–H and O–H groups in total. The number of ketones is 2. The van der Waals surface area contributed by atoms with Crippen LogP contribution < -0.4 is 0 Å². The van der Waals surface area contributed by atoms with Gasteiger partial charge in [0.25, 0.3) is 0 Å². The maximum atomic E-state index is 14.4. The molecule has 5 saturated carbocycles. The Balaban J connectivity index is 1.58. The van der Waals surface area contributed by atoms with E-state index in [2.05, 4.69) is 48.5 Å². The molecule has 5 rings (SSSR count). The molecule has 0 radical (unpaired) electrons. The number of rotatable bonds is 2. The fraction of sp³-hybridized carbons (Fsp3) is 0.903. The molecule has 5 fully saturated rings. The van der Waals surface area contributed by atoms with Crippen LogP contribution in [0.2, 0.25) is 0 Å². The molecule has 196 valence electrons. The molecule has 4 nitrogen and oxygen atoms in total. The van der Waals surface area contributed by atoms with E-state index >= 15 is 0 Å². The van der Waals surface area contributed by atoms with Crippen LogP contribution in [0.4, 0.5) is 0 Å². The van der Waals surface area contributed by atoms with Crippen LogP contribution in [0.3, 0.4) is 0 Å². The maximum absolute atomic E-state index is 14.4. The lowest BCUT2D eigenvalue weighted by Gasteiger charge is -2.72. The molecule has 0 aromatic heterocycles. The summed E-state index contributed by atoms with van der Waals surface area (Å²) in [5.74, 6) is 0.881. The van der Waals surface area contributed by atoms with Crippen molar-refractivity contribution in [3.63, 3.8) is 0 Å². The molecular weight excluding hydrogens is 436 g/mol. The second-order valence-electron chi connectivity index (χ2n) is 15.7. The molecule has 5 aliphatic rings. The van der Waals surface area contributed by atoms with Crippen molar-refractivity contribution in [3.8, 4) is 0 Å². The molecule has 0 aliphatic heterocycles. The molecule has 0 aromatic carbocycles. The van der Waals surface area contributed by atoms with Crippen molar-refractivity contribution < 1.29 is 19.5 Å². The highest BCUT2D eigenvalue weighted by Gasteiger charge is 2.72. The Morgan fingerprint density at radius 2 is 1.51 bits per heavy atom. The predicted octanol–water partition coefficient (Wildman–Crippen LogP) is 7.09. The average molecular weight is 485 g/mol. The minimum absolute atomic E-state index is 0.00941. The third-order valence-corrected chi connectivity index (χ3v) is 13.4. The van der Waals surface area contributed by atoms with E-state index in [1.165, 1.54) is 0 Å². The van der Waals surface area contributed by atoms with Gasteiger partial charge in [0, 0.05) is 24.2 Å². The summed E-state index contributed by atoms with van der Waals surface area (Å²) in [5, 5.41) is 9.92. The van der Waals surface area contributed by atoms with E-state index in [0.717, 1.165) is 51.4 Å². The van der Waals surface area contributed by atoms with Crippen LogP contribution in [0.1, 0.15) is 119 Å². The molecule has 2 unspecified atom stereocenters. The standard InChI is InChI=1S/C31H48O4/c1-26(2)12-14-31(18-24(34)35)15-13-30(7)25(19(31)17-26)20(32)16-22-28(5)10-9-23(33)27(3,4)21(28)8-11-29(22,30)6/h19,21-22,25H,8-18H2,1-7H3,(H,34,35)/t19?,21-,22+,25?,28-,29+,30+,31+/m0/s1. The lowest BCUT2D eigenvalue weighted by atomic mass is 9.31. The summed E-state index contributed by atoms with van der Waals surface area (Å²) in [5.41, 5.74) is -0.441. The maximum Gasteiger partial charge on any atom is 0.303 e. The number of hydrogen-bond donors (Lipinski definition) is 1. The van der Waals surface area contributed by atoms with Gasteiger partial charge in [0.2, 0.25) is 0 Å². The average Bonchev–Trinajstić information content (AvgIpc) is 2.73. The molecule has 8 atom stereocenters. The molecule has 0 spiro atoms. The van der Waals surface area contributed by atoms with E-state index in [1.807, 2.05) is 0 Å². The van der Waals surface area contributed by atoms with Gasteiger partial charge >= 0.3 is 5.97 Å². The van der Waals surface area contributed by atoms with Gasteiger partial charge in [-0.1, -0.05) is 48.5 Å². The van der Waals surface area contributed by atoms with Gasteiger partial charge in [0.1, 0.15) is 11.6 Å². The van der Waals surface area contributed by atoms with Crippen molar-refractivity contribution in [2.45, 2.75) is 119 Å². The highest BCUT2D eigenvalue weighted by Crippen LogP contribution is 2.76. The van der Waals surface area contributed by atoms with Crippen molar-refractivity contribution in [2.24, 2.45) is 56.2 Å². The molecular formula is C31H48O4. The number of aliphatic carboxylic acids is 1. The fourth-order valence-electron chi connectivity index (χ4n) is 11.2. The van der Waals surface area contributed by atoms with Gasteiger partial charge in [0.05, 0.1) is 6.42 Å². The van der Waals surface area contributed by atoms with Gasteiger partial charge in [-0.25, -0.2) is 0 Å². The minimum Gasteiger partial charge on any atom is -0.481 e. The highest BCUT2D eigenvalue weighted by molar-refractivity contribution is 5.87. The van der Waals surface area contributed by atoms with Crippen molar-refractivity contribution in [3.05, 3.63) is 0 Å². The molecule has 0 heterocycles. The Labute approximate surface area is 212 Å². The van der Waals surface area contributed by atoms with Gasteiger partial charge in [-0.3, -0.25) is 14.4 Å². The zero-order chi connectivity index (χ0) is 25.8. The number of hydrogen-bond acceptors (Lipinski definition) is 3. The quantitative estimate of drug-likeness (QED) is 0.454. The summed E-state index contributed by atoms with van der Waals surface area (Å²) in [4.78, 5) is 39.4. The van der Waals surface area contributed by atoms with Crippen LogP contribution >= 0.6 is 0 Å². The number of carboxylic acids is 1. The Bertz CT molecular complexity index is 963. The van der Waals surface area contributed by atoms with Gasteiger partial charge in [0.15, 0.2) is 0 Å². The summed E-state index contributed by atoms with van der Waals surface area (Å²) >= 11 is 0. The summed E-state index contributed by atoms with van der Waals surface area (Å²) in [6.45, 7) is 16.2. The summed E-state index contributed by atoms with van der Waals surface area (Å²) in [6, 6.07) is 0. The van der Waals surface area contributed by atoms with Crippen LogP contribution in [0.15, 0.2) is 0 Å². The van der Waals surface area contributed by atoms with Gasteiger partial charge in [-0.15, -0.1) is 0 Å². The summed E-state index contributed by atoms with van der Waals surface area (Å²) in [7, 11) is 0. The van der Waals surface area contributed by atoms with Crippen LogP contribution in [0, 0.1) is 56.2 Å². The third kappa shape index (κ3) is 3.26. The van der Waals surface area contributed by atoms with Crippen LogP contribution in [-0.2, 0) is 14.4 Å². The molecule has 0 saturated heterocycles. The zero-order valence-electron chi connectivity index (χ0n) is 23.3. The van der Waals surface area contributed by atoms with Crippen LogP contribution in [0.5, 0.6) is 0 Å². The first-order valence-electron chi connectivity index (χ1n) is 14.3. The predicted molar refractivity (Wildman–Crippen MR) is 137 cm³/mol. The molecule has 0 aromatic rings. The first-order valence-corrected chi connectivity index (χ1v) is 14.3. The van der Waals surface area contributed by atoms with Crippen molar-refractivity contribution in [2.75, 3.05) is 0 Å². The number of fused-ring (bicyclic) bond motifs is 7. The van der Waals surface area contributed by atoms with Crippen molar-refractivity contribution in [1.29, 1.82) is 0 Å². The van der Waals surface area contributed by atoms with Crippen LogP contribution in [-0.4, -0.2) is 22.6 Å². The number of carbonyl (C=O) groups excluding carboxylic acids is 2. The third-order valence-electron chi connectivity index (χ3n) is 13.4. The molecule has 5 aliphatic carbocycles. The smallest absolute Gasteiger partial charge is 0.303 e. The first-order chi connectivity index (χ1) is 16.0. The molecule has 4 heteroatoms. The van der Waals surface area contributed by atoms with E-state index in [0.29, 0.717) is 36.2 Å². The van der Waals surface area contributed by atoms with Crippen molar-refractivity contribution >= 4 is 17.5 Å². The van der Waals surface area contributed by atoms with E-state index in [1.54, 1.807) is 0 Å². The number of carboxylic acid groups (broad SMARTS) is 1. The molecule has 0 amide bonds. The first kappa shape index (κ1) is 25.5. The largest absolute Gasteiger partial charge is 0.481 e. The second-order valence-corrected chi connectivity index (χ2v) is 15.7. The zero-order valence-corrected chi connectivity index (χ0v) is 23.3. The monoisotopic (exact) mass is 484 g/mol. The SMILES string of the molecule is CC1(C)CC[C@]2(CC(=O)O)CC[C@]3(C)C(C(=O)C[C@@H]4[C@@]5(C)CCC(=O)C(C)(C)[C@@H]5CC[C@]43C)C2C1. The van der Waals surface area contributed by atoms with E-state index in [-0.39, 0.29) is 50.7 Å². The minimum atomic E-state index is -0.701. The lowest BCUT2D eigenvalue weighted by Crippen LogP contribution is -2.69. The number of Topliss-reactive ketones (excluding diaryl/α,β-unsaturated/α-hetero) is 2. The van der Waals surface area contributed by atoms with E-state index in [9.17, 15) is 19.5 Å². The lowest BCUT2D eigenvalue weighted by molar-refractivity contribution is -0.235. The highest BCUT2D eigenvalue weighted by atomic mass is 16.4. The topological polar surface area (TPSA) is 71.4 Å². The Morgan fingerprint density at radius 3 is 2.17 bits per heavy atom. The summed E-state index contributed by atoms with van der Waals surface area (Å²) < 4.78 is 0. The fourth-order valence-corrected chi connectivity index (χ4v) is 11.2. The normalized spacial score (nSPS) is 50.4. The van der Waals surface area contributed by atoms with Crippen LogP contribution in [0.25, 0.3) is 0 Å². The van der Waals surface area contributed by atoms with Crippen molar-refractivity contribution in [1.82, 2.24) is 0 Å². The second kappa shape index (κ2) is 7.44.